The number of methoxy groups -OCH3 is 2. The minimum absolute atomic E-state index is 0.150. The van der Waals surface area contributed by atoms with E-state index >= 15 is 0 Å². The first-order valence-corrected chi connectivity index (χ1v) is 10.4. The van der Waals surface area contributed by atoms with E-state index < -0.39 is 0 Å². The summed E-state index contributed by atoms with van der Waals surface area (Å²) in [6, 6.07) is 11.0. The van der Waals surface area contributed by atoms with Crippen molar-refractivity contribution in [2.75, 3.05) is 59.5 Å². The Morgan fingerprint density at radius 2 is 1.66 bits per heavy atom. The summed E-state index contributed by atoms with van der Waals surface area (Å²) in [6.45, 7) is 1.99. The summed E-state index contributed by atoms with van der Waals surface area (Å²) in [4.78, 5) is 30.8. The van der Waals surface area contributed by atoms with Crippen LogP contribution in [-0.2, 0) is 4.74 Å². The fraction of sp³-hybridized carbons (Fsp3) is 0.333. The second-order valence-corrected chi connectivity index (χ2v) is 7.79. The number of ether oxygens (including phenoxy) is 3. The lowest BCUT2D eigenvalue weighted by atomic mass is 10.0. The van der Waals surface area contributed by atoms with Gasteiger partial charge in [0.05, 0.1) is 44.1 Å². The zero-order valence-corrected chi connectivity index (χ0v) is 18.8. The molecule has 168 valence electrons. The third-order valence-corrected chi connectivity index (χ3v) is 5.67. The van der Waals surface area contributed by atoms with E-state index in [4.69, 9.17) is 14.2 Å². The molecule has 2 aromatic carbocycles. The monoisotopic (exact) mass is 437 g/mol. The maximum Gasteiger partial charge on any atom is 0.263 e. The lowest BCUT2D eigenvalue weighted by molar-refractivity contribution is 0.0304. The molecule has 0 aliphatic carbocycles. The third-order valence-electron chi connectivity index (χ3n) is 5.67. The van der Waals surface area contributed by atoms with E-state index in [1.807, 2.05) is 43.3 Å². The average Bonchev–Trinajstić information content (AvgIpc) is 2.83. The van der Waals surface area contributed by atoms with E-state index in [1.54, 1.807) is 23.2 Å². The molecule has 1 aromatic heterocycles. The molecule has 4 rings (SSSR count). The summed E-state index contributed by atoms with van der Waals surface area (Å²) < 4.78 is 17.8. The maximum absolute atomic E-state index is 13.5. The van der Waals surface area contributed by atoms with Crippen molar-refractivity contribution < 1.29 is 19.0 Å². The number of benzene rings is 2. The summed E-state index contributed by atoms with van der Waals surface area (Å²) in [5, 5.41) is 0.918. The molecule has 0 bridgehead atoms. The molecule has 8 nitrogen and oxygen atoms in total. The van der Waals surface area contributed by atoms with Crippen LogP contribution in [0.25, 0.3) is 16.5 Å². The van der Waals surface area contributed by atoms with Crippen LogP contribution >= 0.6 is 0 Å². The molecule has 8 heteroatoms. The molecule has 1 saturated heterocycles. The Labute approximate surface area is 186 Å². The molecular formula is C24H27N3O5. The van der Waals surface area contributed by atoms with Crippen LogP contribution in [0.1, 0.15) is 10.4 Å². The lowest BCUT2D eigenvalue weighted by Crippen LogP contribution is -2.41. The molecule has 1 aliphatic heterocycles. The van der Waals surface area contributed by atoms with Crippen molar-refractivity contribution in [1.29, 1.82) is 0 Å². The summed E-state index contributed by atoms with van der Waals surface area (Å²) in [5.74, 6) is 0.743. The molecule has 0 spiro atoms. The highest BCUT2D eigenvalue weighted by Crippen LogP contribution is 2.33. The predicted octanol–water partition coefficient (Wildman–Crippen LogP) is 2.55. The van der Waals surface area contributed by atoms with Crippen LogP contribution in [0, 0.1) is 0 Å². The van der Waals surface area contributed by atoms with Gasteiger partial charge in [-0.1, -0.05) is 6.07 Å². The van der Waals surface area contributed by atoms with Gasteiger partial charge in [-0.2, -0.15) is 0 Å². The van der Waals surface area contributed by atoms with Gasteiger partial charge in [-0.25, -0.2) is 0 Å². The second-order valence-electron chi connectivity index (χ2n) is 7.79. The van der Waals surface area contributed by atoms with Crippen LogP contribution < -0.4 is 19.9 Å². The number of amides is 1. The van der Waals surface area contributed by atoms with Gasteiger partial charge in [0, 0.05) is 44.5 Å². The Morgan fingerprint density at radius 3 is 2.28 bits per heavy atom. The quantitative estimate of drug-likeness (QED) is 0.611. The number of hydrogen-bond acceptors (Lipinski definition) is 6. The number of fused-ring (bicyclic) bond motifs is 1. The van der Waals surface area contributed by atoms with E-state index in [0.29, 0.717) is 59.8 Å². The number of rotatable bonds is 5. The summed E-state index contributed by atoms with van der Waals surface area (Å²) >= 11 is 0. The minimum atomic E-state index is -0.240. The smallest absolute Gasteiger partial charge is 0.263 e. The predicted molar refractivity (Wildman–Crippen MR) is 124 cm³/mol. The minimum Gasteiger partial charge on any atom is -0.493 e. The Hall–Kier alpha value is -3.52. The lowest BCUT2D eigenvalue weighted by Gasteiger charge is -2.27. The average molecular weight is 437 g/mol. The largest absolute Gasteiger partial charge is 0.493 e. The molecule has 32 heavy (non-hydrogen) atoms. The van der Waals surface area contributed by atoms with Crippen LogP contribution in [0.2, 0.25) is 0 Å². The van der Waals surface area contributed by atoms with E-state index in [-0.39, 0.29) is 11.5 Å². The number of nitrogens with zero attached hydrogens (tertiary/aromatic N) is 3. The standard InChI is InChI=1S/C24H27N3O5/c1-25(2)16-6-5-7-17(12-16)27-15-20(23(28)26-8-10-32-11-9-26)18-13-21(30-3)22(31-4)14-19(18)24(27)29/h5-7,12-15H,8-11H2,1-4H3. The van der Waals surface area contributed by atoms with Crippen molar-refractivity contribution in [3.63, 3.8) is 0 Å². The number of carbonyl (C=O) groups is 1. The van der Waals surface area contributed by atoms with Crippen molar-refractivity contribution in [1.82, 2.24) is 9.47 Å². The van der Waals surface area contributed by atoms with Gasteiger partial charge in [0.1, 0.15) is 0 Å². The highest BCUT2D eigenvalue weighted by atomic mass is 16.5. The Kier molecular flexibility index (Phi) is 6.05. The van der Waals surface area contributed by atoms with E-state index in [9.17, 15) is 9.59 Å². The van der Waals surface area contributed by atoms with Crippen molar-refractivity contribution in [2.45, 2.75) is 0 Å². The number of carbonyl (C=O) groups excluding carboxylic acids is 1. The van der Waals surface area contributed by atoms with Crippen LogP contribution in [0.3, 0.4) is 0 Å². The third kappa shape index (κ3) is 3.89. The number of morpholine rings is 1. The number of anilines is 1. The van der Waals surface area contributed by atoms with Crippen LogP contribution in [0.15, 0.2) is 47.4 Å². The molecule has 2 heterocycles. The molecule has 1 aliphatic rings. The molecule has 3 aromatic rings. The second kappa shape index (κ2) is 8.92. The fourth-order valence-electron chi connectivity index (χ4n) is 3.89. The summed E-state index contributed by atoms with van der Waals surface area (Å²) in [6.07, 6.45) is 1.63. The maximum atomic E-state index is 13.5. The first-order chi connectivity index (χ1) is 15.4. The van der Waals surface area contributed by atoms with Gasteiger partial charge in [0.2, 0.25) is 0 Å². The normalized spacial score (nSPS) is 13.8. The molecule has 0 atom stereocenters. The molecule has 0 saturated carbocycles. The van der Waals surface area contributed by atoms with Crippen molar-refractivity contribution in [3.05, 3.63) is 58.5 Å². The number of aromatic nitrogens is 1. The fourth-order valence-corrected chi connectivity index (χ4v) is 3.89. The van der Waals surface area contributed by atoms with Crippen molar-refractivity contribution >= 4 is 22.4 Å². The Morgan fingerprint density at radius 1 is 1.00 bits per heavy atom. The molecule has 0 radical (unpaired) electrons. The van der Waals surface area contributed by atoms with E-state index in [2.05, 4.69) is 0 Å². The van der Waals surface area contributed by atoms with Gasteiger partial charge >= 0.3 is 0 Å². The zero-order valence-electron chi connectivity index (χ0n) is 18.8. The summed E-state index contributed by atoms with van der Waals surface area (Å²) in [7, 11) is 6.92. The molecule has 1 amide bonds. The Balaban J connectivity index is 1.99. The van der Waals surface area contributed by atoms with Crippen LogP contribution in [0.5, 0.6) is 11.5 Å². The molecule has 0 N–H and O–H groups in total. The van der Waals surface area contributed by atoms with Crippen molar-refractivity contribution in [3.8, 4) is 17.2 Å². The zero-order chi connectivity index (χ0) is 22.8. The molecule has 0 unspecified atom stereocenters. The van der Waals surface area contributed by atoms with Gasteiger partial charge in [-0.3, -0.25) is 14.2 Å². The first-order valence-electron chi connectivity index (χ1n) is 10.4. The first kappa shape index (κ1) is 21.7. The highest BCUT2D eigenvalue weighted by molar-refractivity contribution is 6.07. The van der Waals surface area contributed by atoms with Gasteiger partial charge < -0.3 is 24.0 Å². The molecular weight excluding hydrogens is 410 g/mol. The topological polar surface area (TPSA) is 73.2 Å². The van der Waals surface area contributed by atoms with Gasteiger partial charge in [0.25, 0.3) is 11.5 Å². The van der Waals surface area contributed by atoms with E-state index in [1.165, 1.54) is 18.8 Å². The Bertz CT molecular complexity index is 1210. The summed E-state index contributed by atoms with van der Waals surface area (Å²) in [5.41, 5.74) is 1.81. The highest BCUT2D eigenvalue weighted by Gasteiger charge is 2.24. The van der Waals surface area contributed by atoms with Crippen LogP contribution in [0.4, 0.5) is 5.69 Å². The molecule has 1 fully saturated rings. The SMILES string of the molecule is COc1cc2c(C(=O)N3CCOCC3)cn(-c3cccc(N(C)C)c3)c(=O)c2cc1OC. The van der Waals surface area contributed by atoms with Gasteiger partial charge in [-0.05, 0) is 30.3 Å². The number of pyridine rings is 1. The van der Waals surface area contributed by atoms with Crippen molar-refractivity contribution in [2.24, 2.45) is 0 Å². The number of hydrogen-bond donors (Lipinski definition) is 0. The van der Waals surface area contributed by atoms with Crippen LogP contribution in [-0.4, -0.2) is 70.0 Å². The van der Waals surface area contributed by atoms with E-state index in [0.717, 1.165) is 5.69 Å². The van der Waals surface area contributed by atoms with Gasteiger partial charge in [0.15, 0.2) is 11.5 Å². The van der Waals surface area contributed by atoms with Gasteiger partial charge in [-0.15, -0.1) is 0 Å².